The van der Waals surface area contributed by atoms with Crippen LogP contribution in [0.4, 0.5) is 0 Å². The van der Waals surface area contributed by atoms with Crippen molar-refractivity contribution in [2.45, 2.75) is 66.2 Å². The van der Waals surface area contributed by atoms with Gasteiger partial charge in [0.05, 0.1) is 12.2 Å². The number of carbonyl (C=O) groups is 1. The van der Waals surface area contributed by atoms with Gasteiger partial charge in [-0.3, -0.25) is 10.1 Å². The molecule has 1 N–H and O–H groups in total. The van der Waals surface area contributed by atoms with Crippen molar-refractivity contribution in [1.82, 2.24) is 10.2 Å². The summed E-state index contributed by atoms with van der Waals surface area (Å²) >= 11 is 0. The molecule has 16 heavy (non-hydrogen) atoms. The van der Waals surface area contributed by atoms with E-state index in [-0.39, 0.29) is 18.1 Å². The van der Waals surface area contributed by atoms with Crippen LogP contribution in [0.1, 0.15) is 48.0 Å². The minimum atomic E-state index is -0.0259. The third kappa shape index (κ3) is 2.76. The maximum absolute atomic E-state index is 12.1. The van der Waals surface area contributed by atoms with Crippen LogP contribution in [0.5, 0.6) is 0 Å². The van der Waals surface area contributed by atoms with Gasteiger partial charge in [0.2, 0.25) is 5.91 Å². The molecule has 0 aromatic heterocycles. The highest BCUT2D eigenvalue weighted by Crippen LogP contribution is 2.23. The standard InChI is InChI=1S/C13H26N2O/c1-8(2)7-10(5)15-12(9(3)4)14-11(6)13(15)16/h8-12,14H,7H2,1-6H3. The fraction of sp³-hybridized carbons (Fsp3) is 0.923. The summed E-state index contributed by atoms with van der Waals surface area (Å²) in [4.78, 5) is 14.2. The van der Waals surface area contributed by atoms with Crippen molar-refractivity contribution >= 4 is 5.91 Å². The molecule has 1 amide bonds. The van der Waals surface area contributed by atoms with Crippen molar-refractivity contribution in [2.24, 2.45) is 11.8 Å². The van der Waals surface area contributed by atoms with Crippen molar-refractivity contribution in [2.75, 3.05) is 0 Å². The first-order valence-electron chi connectivity index (χ1n) is 6.42. The molecule has 1 aliphatic heterocycles. The summed E-state index contributed by atoms with van der Waals surface area (Å²) in [5.74, 6) is 1.35. The largest absolute Gasteiger partial charge is 0.323 e. The smallest absolute Gasteiger partial charge is 0.240 e. The Morgan fingerprint density at radius 3 is 2.25 bits per heavy atom. The van der Waals surface area contributed by atoms with Gasteiger partial charge in [0.1, 0.15) is 0 Å². The molecule has 0 spiro atoms. The summed E-state index contributed by atoms with van der Waals surface area (Å²) in [6.07, 6.45) is 1.28. The number of carbonyl (C=O) groups excluding carboxylic acids is 1. The maximum Gasteiger partial charge on any atom is 0.240 e. The van der Waals surface area contributed by atoms with E-state index in [0.717, 1.165) is 6.42 Å². The van der Waals surface area contributed by atoms with Crippen LogP contribution in [0.15, 0.2) is 0 Å². The molecular weight excluding hydrogens is 200 g/mol. The van der Waals surface area contributed by atoms with Crippen LogP contribution >= 0.6 is 0 Å². The molecule has 0 bridgehead atoms. The van der Waals surface area contributed by atoms with E-state index >= 15 is 0 Å². The third-order valence-corrected chi connectivity index (χ3v) is 3.26. The molecule has 0 aromatic rings. The highest BCUT2D eigenvalue weighted by molar-refractivity contribution is 5.84. The van der Waals surface area contributed by atoms with E-state index in [4.69, 9.17) is 0 Å². The highest BCUT2D eigenvalue weighted by Gasteiger charge is 2.40. The van der Waals surface area contributed by atoms with Gasteiger partial charge in [-0.05, 0) is 32.1 Å². The average molecular weight is 226 g/mol. The predicted molar refractivity (Wildman–Crippen MR) is 67.0 cm³/mol. The molecule has 1 rings (SSSR count). The monoisotopic (exact) mass is 226 g/mol. The number of amides is 1. The van der Waals surface area contributed by atoms with Gasteiger partial charge in [-0.2, -0.15) is 0 Å². The van der Waals surface area contributed by atoms with Crippen molar-refractivity contribution < 1.29 is 4.79 Å². The van der Waals surface area contributed by atoms with E-state index in [1.54, 1.807) is 0 Å². The minimum Gasteiger partial charge on any atom is -0.323 e. The molecular formula is C13H26N2O. The van der Waals surface area contributed by atoms with E-state index in [1.165, 1.54) is 0 Å². The second-order valence-corrected chi connectivity index (χ2v) is 5.80. The molecule has 3 atom stereocenters. The summed E-state index contributed by atoms with van der Waals surface area (Å²) in [7, 11) is 0. The molecule has 1 heterocycles. The van der Waals surface area contributed by atoms with Crippen LogP contribution in [0.2, 0.25) is 0 Å². The summed E-state index contributed by atoms with van der Waals surface area (Å²) in [5, 5.41) is 3.38. The van der Waals surface area contributed by atoms with E-state index in [1.807, 2.05) is 6.92 Å². The average Bonchev–Trinajstić information content (AvgIpc) is 2.42. The highest BCUT2D eigenvalue weighted by atomic mass is 16.2. The van der Waals surface area contributed by atoms with Crippen LogP contribution in [0.25, 0.3) is 0 Å². The zero-order chi connectivity index (χ0) is 12.5. The topological polar surface area (TPSA) is 32.3 Å². The fourth-order valence-electron chi connectivity index (χ4n) is 2.57. The molecule has 1 fully saturated rings. The molecule has 3 heteroatoms. The first-order valence-corrected chi connectivity index (χ1v) is 6.42. The normalized spacial score (nSPS) is 28.2. The predicted octanol–water partition coefficient (Wildman–Crippen LogP) is 2.22. The van der Waals surface area contributed by atoms with Crippen molar-refractivity contribution in [3.05, 3.63) is 0 Å². The van der Waals surface area contributed by atoms with E-state index in [2.05, 4.69) is 44.8 Å². The van der Waals surface area contributed by atoms with Gasteiger partial charge < -0.3 is 4.90 Å². The van der Waals surface area contributed by atoms with Crippen LogP contribution in [-0.4, -0.2) is 29.1 Å². The van der Waals surface area contributed by atoms with Gasteiger partial charge in [0.25, 0.3) is 0 Å². The Morgan fingerprint density at radius 2 is 1.81 bits per heavy atom. The van der Waals surface area contributed by atoms with Gasteiger partial charge in [0.15, 0.2) is 0 Å². The Bertz CT molecular complexity index is 250. The molecule has 0 aliphatic carbocycles. The maximum atomic E-state index is 12.1. The Hall–Kier alpha value is -0.570. The number of nitrogens with zero attached hydrogens (tertiary/aromatic N) is 1. The molecule has 0 saturated carbocycles. The lowest BCUT2D eigenvalue weighted by Gasteiger charge is -2.33. The SMILES string of the molecule is CC(C)CC(C)N1C(=O)C(C)NC1C(C)C. The summed E-state index contributed by atoms with van der Waals surface area (Å²) in [6.45, 7) is 12.9. The van der Waals surface area contributed by atoms with Gasteiger partial charge in [-0.15, -0.1) is 0 Å². The zero-order valence-electron chi connectivity index (χ0n) is 11.4. The van der Waals surface area contributed by atoms with Gasteiger partial charge >= 0.3 is 0 Å². The lowest BCUT2D eigenvalue weighted by Crippen LogP contribution is -2.46. The van der Waals surface area contributed by atoms with Gasteiger partial charge in [-0.1, -0.05) is 27.7 Å². The van der Waals surface area contributed by atoms with Gasteiger partial charge in [-0.25, -0.2) is 0 Å². The second-order valence-electron chi connectivity index (χ2n) is 5.80. The van der Waals surface area contributed by atoms with Crippen LogP contribution in [0.3, 0.4) is 0 Å². The molecule has 94 valence electrons. The summed E-state index contributed by atoms with van der Waals surface area (Å²) in [5.41, 5.74) is 0. The Morgan fingerprint density at radius 1 is 1.25 bits per heavy atom. The lowest BCUT2D eigenvalue weighted by atomic mass is 10.0. The van der Waals surface area contributed by atoms with Crippen molar-refractivity contribution in [3.8, 4) is 0 Å². The number of nitrogens with one attached hydrogen (secondary N) is 1. The Balaban J connectivity index is 2.77. The van der Waals surface area contributed by atoms with Crippen molar-refractivity contribution in [1.29, 1.82) is 0 Å². The summed E-state index contributed by atoms with van der Waals surface area (Å²) < 4.78 is 0. The molecule has 0 aromatic carbocycles. The lowest BCUT2D eigenvalue weighted by molar-refractivity contribution is -0.132. The summed E-state index contributed by atoms with van der Waals surface area (Å²) in [6, 6.07) is 0.305. The second kappa shape index (κ2) is 5.17. The van der Waals surface area contributed by atoms with Crippen LogP contribution in [0, 0.1) is 11.8 Å². The first-order chi connectivity index (χ1) is 7.34. The first kappa shape index (κ1) is 13.5. The molecule has 0 radical (unpaired) electrons. The van der Waals surface area contributed by atoms with E-state index < -0.39 is 0 Å². The fourth-order valence-corrected chi connectivity index (χ4v) is 2.57. The Labute approximate surface area is 99.6 Å². The van der Waals surface area contributed by atoms with Crippen LogP contribution in [-0.2, 0) is 4.79 Å². The number of hydrogen-bond donors (Lipinski definition) is 1. The zero-order valence-corrected chi connectivity index (χ0v) is 11.4. The minimum absolute atomic E-state index is 0.0259. The van der Waals surface area contributed by atoms with Crippen LogP contribution < -0.4 is 5.32 Å². The van der Waals surface area contributed by atoms with Crippen molar-refractivity contribution in [3.63, 3.8) is 0 Å². The number of rotatable bonds is 4. The number of hydrogen-bond acceptors (Lipinski definition) is 2. The molecule has 1 saturated heterocycles. The quantitative estimate of drug-likeness (QED) is 0.797. The van der Waals surface area contributed by atoms with Gasteiger partial charge in [0, 0.05) is 6.04 Å². The van der Waals surface area contributed by atoms with E-state index in [0.29, 0.717) is 17.9 Å². The molecule has 1 aliphatic rings. The third-order valence-electron chi connectivity index (χ3n) is 3.26. The van der Waals surface area contributed by atoms with E-state index in [9.17, 15) is 4.79 Å². The molecule has 3 unspecified atom stereocenters. The molecule has 3 nitrogen and oxygen atoms in total. The Kier molecular flexibility index (Phi) is 4.36.